The van der Waals surface area contributed by atoms with Gasteiger partial charge in [-0.25, -0.2) is 0 Å². The van der Waals surface area contributed by atoms with Crippen molar-refractivity contribution in [2.24, 2.45) is 11.1 Å². The molecule has 0 aromatic carbocycles. The number of hydrogen-bond donors (Lipinski definition) is 1. The average molecular weight is 295 g/mol. The smallest absolute Gasteiger partial charge is 0.231 e. The van der Waals surface area contributed by atoms with Gasteiger partial charge in [0.05, 0.1) is 10.9 Å². The Morgan fingerprint density at radius 1 is 1.40 bits per heavy atom. The third-order valence-corrected chi connectivity index (χ3v) is 3.21. The number of nitrogens with two attached hydrogens (primary N) is 1. The van der Waals surface area contributed by atoms with Crippen LogP contribution in [-0.2, 0) is 0 Å². The van der Waals surface area contributed by atoms with Crippen molar-refractivity contribution < 1.29 is 4.52 Å². The molecule has 0 bridgehead atoms. The van der Waals surface area contributed by atoms with Crippen molar-refractivity contribution in [2.75, 3.05) is 6.54 Å². The minimum Gasteiger partial charge on any atom is -0.339 e. The van der Waals surface area contributed by atoms with E-state index in [9.17, 15) is 0 Å². The zero-order valence-electron chi connectivity index (χ0n) is 11.9. The van der Waals surface area contributed by atoms with Gasteiger partial charge in [-0.1, -0.05) is 37.5 Å². The predicted molar refractivity (Wildman–Crippen MR) is 78.4 cm³/mol. The summed E-state index contributed by atoms with van der Waals surface area (Å²) < 4.78 is 5.33. The van der Waals surface area contributed by atoms with Crippen molar-refractivity contribution in [1.82, 2.24) is 15.1 Å². The maximum Gasteiger partial charge on any atom is 0.231 e. The molecule has 0 radical (unpaired) electrons. The minimum atomic E-state index is 0.0405. The summed E-state index contributed by atoms with van der Waals surface area (Å²) in [6, 6.07) is 3.50. The first kappa shape index (κ1) is 14.9. The topological polar surface area (TPSA) is 77.8 Å². The molecule has 0 amide bonds. The fourth-order valence-electron chi connectivity index (χ4n) is 2.06. The van der Waals surface area contributed by atoms with Gasteiger partial charge in [0.25, 0.3) is 0 Å². The standard InChI is InChI=1S/C14H19ClN4O/c1-14(2,3)7-9(8-16)13-18-12(19-20-13)11-10(15)5-4-6-17-11/h4-6,9H,7-8,16H2,1-3H3. The van der Waals surface area contributed by atoms with Crippen LogP contribution in [0.15, 0.2) is 22.9 Å². The van der Waals surface area contributed by atoms with Gasteiger partial charge < -0.3 is 10.3 Å². The first-order valence-corrected chi connectivity index (χ1v) is 6.93. The maximum absolute atomic E-state index is 6.08. The van der Waals surface area contributed by atoms with Gasteiger partial charge >= 0.3 is 0 Å². The van der Waals surface area contributed by atoms with Crippen LogP contribution in [0.1, 0.15) is 39.0 Å². The van der Waals surface area contributed by atoms with Crippen LogP contribution in [0.5, 0.6) is 0 Å². The van der Waals surface area contributed by atoms with Crippen molar-refractivity contribution >= 4 is 11.6 Å². The van der Waals surface area contributed by atoms with E-state index < -0.39 is 0 Å². The van der Waals surface area contributed by atoms with Gasteiger partial charge in [-0.05, 0) is 24.0 Å². The SMILES string of the molecule is CC(C)(C)CC(CN)c1nc(-c2ncccc2Cl)no1. The third-order valence-electron chi connectivity index (χ3n) is 2.90. The van der Waals surface area contributed by atoms with Crippen molar-refractivity contribution in [3.8, 4) is 11.5 Å². The summed E-state index contributed by atoms with van der Waals surface area (Å²) in [6.07, 6.45) is 2.52. The zero-order chi connectivity index (χ0) is 14.8. The summed E-state index contributed by atoms with van der Waals surface area (Å²) in [5.41, 5.74) is 6.48. The van der Waals surface area contributed by atoms with Crippen LogP contribution < -0.4 is 5.73 Å². The van der Waals surface area contributed by atoms with E-state index in [2.05, 4.69) is 35.9 Å². The second-order valence-electron chi connectivity index (χ2n) is 5.99. The van der Waals surface area contributed by atoms with Gasteiger partial charge in [0, 0.05) is 12.7 Å². The Hall–Kier alpha value is -1.46. The summed E-state index contributed by atoms with van der Waals surface area (Å²) in [7, 11) is 0. The Labute approximate surface area is 123 Å². The Kier molecular flexibility index (Phi) is 4.40. The quantitative estimate of drug-likeness (QED) is 0.936. The lowest BCUT2D eigenvalue weighted by Crippen LogP contribution is -2.19. The van der Waals surface area contributed by atoms with Crippen LogP contribution in [0, 0.1) is 5.41 Å². The van der Waals surface area contributed by atoms with Gasteiger partial charge in [0.2, 0.25) is 11.7 Å². The van der Waals surface area contributed by atoms with Crippen LogP contribution in [0.4, 0.5) is 0 Å². The number of aromatic nitrogens is 3. The number of pyridine rings is 1. The van der Waals surface area contributed by atoms with E-state index in [-0.39, 0.29) is 11.3 Å². The highest BCUT2D eigenvalue weighted by molar-refractivity contribution is 6.32. The maximum atomic E-state index is 6.08. The summed E-state index contributed by atoms with van der Waals surface area (Å²) in [4.78, 5) is 8.57. The molecule has 2 heterocycles. The molecule has 2 aromatic rings. The van der Waals surface area contributed by atoms with E-state index >= 15 is 0 Å². The monoisotopic (exact) mass is 294 g/mol. The predicted octanol–water partition coefficient (Wildman–Crippen LogP) is 3.26. The molecule has 2 N–H and O–H groups in total. The van der Waals surface area contributed by atoms with Crippen molar-refractivity contribution in [3.05, 3.63) is 29.2 Å². The van der Waals surface area contributed by atoms with E-state index in [1.807, 2.05) is 0 Å². The molecule has 0 aliphatic heterocycles. The van der Waals surface area contributed by atoms with Crippen molar-refractivity contribution in [2.45, 2.75) is 33.1 Å². The lowest BCUT2D eigenvalue weighted by molar-refractivity contribution is 0.287. The van der Waals surface area contributed by atoms with E-state index in [1.165, 1.54) is 0 Å². The highest BCUT2D eigenvalue weighted by atomic mass is 35.5. The van der Waals surface area contributed by atoms with Gasteiger partial charge in [-0.3, -0.25) is 4.98 Å². The molecule has 0 saturated carbocycles. The number of rotatable bonds is 4. The van der Waals surface area contributed by atoms with Gasteiger partial charge in [0.15, 0.2) is 0 Å². The Balaban J connectivity index is 2.26. The van der Waals surface area contributed by atoms with Crippen LogP contribution >= 0.6 is 11.6 Å². The molecule has 0 fully saturated rings. The first-order chi connectivity index (χ1) is 9.40. The second-order valence-corrected chi connectivity index (χ2v) is 6.39. The summed E-state index contributed by atoms with van der Waals surface area (Å²) in [5.74, 6) is 0.982. The van der Waals surface area contributed by atoms with E-state index in [0.717, 1.165) is 6.42 Å². The molecule has 0 spiro atoms. The summed E-state index contributed by atoms with van der Waals surface area (Å²) in [5, 5.41) is 4.46. The molecule has 1 unspecified atom stereocenters. The normalized spacial score (nSPS) is 13.4. The fraction of sp³-hybridized carbons (Fsp3) is 0.500. The fourth-order valence-corrected chi connectivity index (χ4v) is 2.26. The van der Waals surface area contributed by atoms with E-state index in [4.69, 9.17) is 21.9 Å². The van der Waals surface area contributed by atoms with Crippen molar-refractivity contribution in [3.63, 3.8) is 0 Å². The molecule has 1 atom stereocenters. The Morgan fingerprint density at radius 2 is 2.15 bits per heavy atom. The lowest BCUT2D eigenvalue weighted by Gasteiger charge is -2.22. The van der Waals surface area contributed by atoms with Crippen LogP contribution in [0.25, 0.3) is 11.5 Å². The molecular weight excluding hydrogens is 276 g/mol. The molecule has 5 nitrogen and oxygen atoms in total. The van der Waals surface area contributed by atoms with E-state index in [0.29, 0.717) is 29.0 Å². The molecule has 0 aliphatic carbocycles. The lowest BCUT2D eigenvalue weighted by atomic mass is 9.84. The first-order valence-electron chi connectivity index (χ1n) is 6.55. The summed E-state index contributed by atoms with van der Waals surface area (Å²) in [6.45, 7) is 6.93. The largest absolute Gasteiger partial charge is 0.339 e. The minimum absolute atomic E-state index is 0.0405. The van der Waals surface area contributed by atoms with Crippen LogP contribution in [-0.4, -0.2) is 21.7 Å². The van der Waals surface area contributed by atoms with Crippen LogP contribution in [0.2, 0.25) is 5.02 Å². The van der Waals surface area contributed by atoms with Crippen molar-refractivity contribution in [1.29, 1.82) is 0 Å². The average Bonchev–Trinajstić information content (AvgIpc) is 2.84. The molecular formula is C14H19ClN4O. The highest BCUT2D eigenvalue weighted by Crippen LogP contribution is 2.31. The molecule has 2 aromatic heterocycles. The molecule has 0 saturated heterocycles. The molecule has 108 valence electrons. The van der Waals surface area contributed by atoms with Gasteiger partial charge in [0.1, 0.15) is 5.69 Å². The summed E-state index contributed by atoms with van der Waals surface area (Å²) >= 11 is 6.08. The third kappa shape index (κ3) is 3.55. The van der Waals surface area contributed by atoms with Gasteiger partial charge in [-0.2, -0.15) is 4.98 Å². The van der Waals surface area contributed by atoms with E-state index in [1.54, 1.807) is 18.3 Å². The molecule has 6 heteroatoms. The second kappa shape index (κ2) is 5.89. The molecule has 0 aliphatic rings. The molecule has 20 heavy (non-hydrogen) atoms. The molecule has 2 rings (SSSR count). The van der Waals surface area contributed by atoms with Gasteiger partial charge in [-0.15, -0.1) is 0 Å². The number of nitrogens with zero attached hydrogens (tertiary/aromatic N) is 3. The highest BCUT2D eigenvalue weighted by Gasteiger charge is 2.24. The zero-order valence-corrected chi connectivity index (χ0v) is 12.7. The number of halogens is 1. The Morgan fingerprint density at radius 3 is 2.75 bits per heavy atom. The van der Waals surface area contributed by atoms with Crippen LogP contribution in [0.3, 0.4) is 0 Å². The number of hydrogen-bond acceptors (Lipinski definition) is 5. The Bertz CT molecular complexity index is 577.